The Bertz CT molecular complexity index is 704. The van der Waals surface area contributed by atoms with Gasteiger partial charge in [0.25, 0.3) is 0 Å². The molecular formula is C24H35NO2S2. The summed E-state index contributed by atoms with van der Waals surface area (Å²) in [7, 11) is 2.19. The molecule has 160 valence electrons. The zero-order valence-corrected chi connectivity index (χ0v) is 19.8. The normalized spacial score (nSPS) is 34.7. The van der Waals surface area contributed by atoms with E-state index < -0.39 is 0 Å². The first kappa shape index (κ1) is 21.6. The molecule has 1 saturated carbocycles. The molecule has 4 rings (SSSR count). The number of carbonyl (C=O) groups is 1. The van der Waals surface area contributed by atoms with Crippen LogP contribution in [-0.2, 0) is 9.53 Å². The summed E-state index contributed by atoms with van der Waals surface area (Å²) in [5.41, 5.74) is 1.27. The van der Waals surface area contributed by atoms with Crippen LogP contribution in [0.4, 0.5) is 0 Å². The maximum Gasteiger partial charge on any atom is 0.313 e. The van der Waals surface area contributed by atoms with Gasteiger partial charge in [-0.25, -0.2) is 0 Å². The van der Waals surface area contributed by atoms with Crippen LogP contribution in [-0.4, -0.2) is 46.3 Å². The van der Waals surface area contributed by atoms with E-state index in [4.69, 9.17) is 4.74 Å². The third-order valence-electron chi connectivity index (χ3n) is 7.21. The number of esters is 1. The van der Waals surface area contributed by atoms with Gasteiger partial charge in [0.1, 0.15) is 16.2 Å². The molecule has 1 spiro atoms. The molecule has 0 radical (unpaired) electrons. The van der Waals surface area contributed by atoms with Crippen LogP contribution < -0.4 is 0 Å². The lowest BCUT2D eigenvalue weighted by Gasteiger charge is -2.39. The molecule has 3 nitrogen and oxygen atoms in total. The molecule has 2 aliphatic heterocycles. The Morgan fingerprint density at radius 3 is 2.52 bits per heavy atom. The largest absolute Gasteiger partial charge is 0.462 e. The third kappa shape index (κ3) is 4.12. The molecule has 5 heteroatoms. The van der Waals surface area contributed by atoms with Gasteiger partial charge in [0.2, 0.25) is 0 Å². The number of hydrogen-bond donors (Lipinski definition) is 0. The van der Waals surface area contributed by atoms with Crippen LogP contribution in [0.15, 0.2) is 30.3 Å². The molecule has 0 unspecified atom stereocenters. The van der Waals surface area contributed by atoms with Crippen molar-refractivity contribution in [2.75, 3.05) is 25.1 Å². The van der Waals surface area contributed by atoms with E-state index in [1.165, 1.54) is 18.4 Å². The number of hydrogen-bond acceptors (Lipinski definition) is 5. The Hall–Kier alpha value is -0.650. The van der Waals surface area contributed by atoms with E-state index in [9.17, 15) is 4.79 Å². The van der Waals surface area contributed by atoms with Gasteiger partial charge in [-0.15, -0.1) is 23.5 Å². The molecule has 3 fully saturated rings. The maximum absolute atomic E-state index is 13.8. The van der Waals surface area contributed by atoms with E-state index in [1.807, 2.05) is 23.5 Å². The molecule has 2 heterocycles. The van der Waals surface area contributed by atoms with Crippen LogP contribution in [0.3, 0.4) is 0 Å². The molecule has 0 aromatic heterocycles. The van der Waals surface area contributed by atoms with E-state index in [0.29, 0.717) is 17.8 Å². The van der Waals surface area contributed by atoms with Crippen molar-refractivity contribution in [1.82, 2.24) is 4.90 Å². The van der Waals surface area contributed by atoms with Crippen LogP contribution in [0.1, 0.15) is 51.5 Å². The van der Waals surface area contributed by atoms with Crippen molar-refractivity contribution in [1.29, 1.82) is 0 Å². The summed E-state index contributed by atoms with van der Waals surface area (Å²) in [6, 6.07) is 10.6. The molecular weight excluding hydrogens is 398 g/mol. The SMILES string of the molecule is CC(C)[C@@H]1CC[C@@H](C)C[C@H]1OC(=O)[C@@H]1[C@H](c2ccccc2)CN(C)C12SCCS2. The van der Waals surface area contributed by atoms with Gasteiger partial charge >= 0.3 is 5.97 Å². The Morgan fingerprint density at radius 2 is 1.86 bits per heavy atom. The highest BCUT2D eigenvalue weighted by molar-refractivity contribution is 8.21. The molecule has 3 aliphatic rings. The Labute approximate surface area is 184 Å². The fourth-order valence-corrected chi connectivity index (χ4v) is 9.18. The molecule has 1 aliphatic carbocycles. The summed E-state index contributed by atoms with van der Waals surface area (Å²) >= 11 is 3.91. The Balaban J connectivity index is 1.62. The number of rotatable bonds is 4. The Morgan fingerprint density at radius 1 is 1.17 bits per heavy atom. The van der Waals surface area contributed by atoms with Crippen LogP contribution in [0.25, 0.3) is 0 Å². The molecule has 5 atom stereocenters. The summed E-state index contributed by atoms with van der Waals surface area (Å²) in [6.07, 6.45) is 3.52. The van der Waals surface area contributed by atoms with Gasteiger partial charge in [-0.2, -0.15) is 0 Å². The summed E-state index contributed by atoms with van der Waals surface area (Å²) in [4.78, 5) is 16.2. The molecule has 0 N–H and O–H groups in total. The van der Waals surface area contributed by atoms with Gasteiger partial charge in [-0.3, -0.25) is 9.69 Å². The standard InChI is InChI=1S/C24H35NO2S2/c1-16(2)19-11-10-17(3)14-21(19)27-23(26)22-20(18-8-6-5-7-9-18)15-25(4)24(22)28-12-13-29-24/h5-9,16-17,19-22H,10-15H2,1-4H3/t17-,19+,20+,21-,22+/m1/s1. The minimum Gasteiger partial charge on any atom is -0.462 e. The van der Waals surface area contributed by atoms with E-state index in [0.717, 1.165) is 24.5 Å². The summed E-state index contributed by atoms with van der Waals surface area (Å²) < 4.78 is 6.24. The lowest BCUT2D eigenvalue weighted by molar-refractivity contribution is -0.161. The van der Waals surface area contributed by atoms with Crippen molar-refractivity contribution >= 4 is 29.5 Å². The second kappa shape index (κ2) is 8.84. The molecule has 0 bridgehead atoms. The van der Waals surface area contributed by atoms with Crippen molar-refractivity contribution in [3.8, 4) is 0 Å². The van der Waals surface area contributed by atoms with Gasteiger partial charge in [-0.1, -0.05) is 57.5 Å². The highest BCUT2D eigenvalue weighted by Crippen LogP contribution is 2.59. The van der Waals surface area contributed by atoms with Crippen LogP contribution in [0.2, 0.25) is 0 Å². The van der Waals surface area contributed by atoms with Gasteiger partial charge in [0.15, 0.2) is 0 Å². The lowest BCUT2D eigenvalue weighted by Crippen LogP contribution is -2.44. The summed E-state index contributed by atoms with van der Waals surface area (Å²) in [6.45, 7) is 7.78. The highest BCUT2D eigenvalue weighted by Gasteiger charge is 2.59. The second-order valence-electron chi connectivity index (χ2n) is 9.50. The fourth-order valence-electron chi connectivity index (χ4n) is 5.62. The number of benzene rings is 1. The van der Waals surface area contributed by atoms with E-state index in [-0.39, 0.29) is 28.1 Å². The maximum atomic E-state index is 13.8. The minimum absolute atomic E-state index is 0.0369. The first-order valence-corrected chi connectivity index (χ1v) is 13.1. The smallest absolute Gasteiger partial charge is 0.313 e. The van der Waals surface area contributed by atoms with Gasteiger partial charge < -0.3 is 4.74 Å². The zero-order valence-electron chi connectivity index (χ0n) is 18.2. The predicted octanol–water partition coefficient (Wildman–Crippen LogP) is 5.47. The van der Waals surface area contributed by atoms with Crippen molar-refractivity contribution in [3.05, 3.63) is 35.9 Å². The number of ether oxygens (including phenoxy) is 1. The van der Waals surface area contributed by atoms with Crippen molar-refractivity contribution in [2.24, 2.45) is 23.7 Å². The van der Waals surface area contributed by atoms with Crippen molar-refractivity contribution in [2.45, 2.75) is 56.3 Å². The molecule has 2 saturated heterocycles. The topological polar surface area (TPSA) is 29.5 Å². The molecule has 0 amide bonds. The van der Waals surface area contributed by atoms with Crippen LogP contribution in [0.5, 0.6) is 0 Å². The van der Waals surface area contributed by atoms with Gasteiger partial charge in [0, 0.05) is 24.0 Å². The monoisotopic (exact) mass is 433 g/mol. The predicted molar refractivity (Wildman–Crippen MR) is 124 cm³/mol. The number of carbonyl (C=O) groups excluding carboxylic acids is 1. The fraction of sp³-hybridized carbons (Fsp3) is 0.708. The summed E-state index contributed by atoms with van der Waals surface area (Å²) in [5.74, 6) is 4.02. The molecule has 1 aromatic carbocycles. The minimum atomic E-state index is -0.175. The number of thioether (sulfide) groups is 2. The first-order valence-electron chi connectivity index (χ1n) is 11.2. The average Bonchev–Trinajstić information content (AvgIpc) is 3.29. The Kier molecular flexibility index (Phi) is 6.58. The summed E-state index contributed by atoms with van der Waals surface area (Å²) in [5, 5.41) is 0. The third-order valence-corrected chi connectivity index (χ3v) is 11.0. The van der Waals surface area contributed by atoms with E-state index >= 15 is 0 Å². The first-order chi connectivity index (χ1) is 13.9. The van der Waals surface area contributed by atoms with Crippen molar-refractivity contribution in [3.63, 3.8) is 0 Å². The van der Waals surface area contributed by atoms with Gasteiger partial charge in [0.05, 0.1) is 0 Å². The second-order valence-corrected chi connectivity index (χ2v) is 12.4. The lowest BCUT2D eigenvalue weighted by atomic mass is 9.75. The zero-order chi connectivity index (χ0) is 20.6. The van der Waals surface area contributed by atoms with Crippen molar-refractivity contribution < 1.29 is 9.53 Å². The number of nitrogens with zero attached hydrogens (tertiary/aromatic N) is 1. The number of likely N-dealkylation sites (tertiary alicyclic amines) is 1. The number of likely N-dealkylation sites (N-methyl/N-ethyl adjacent to an activating group) is 1. The average molecular weight is 434 g/mol. The van der Waals surface area contributed by atoms with Gasteiger partial charge in [-0.05, 0) is 43.2 Å². The van der Waals surface area contributed by atoms with E-state index in [1.54, 1.807) is 0 Å². The van der Waals surface area contributed by atoms with E-state index in [2.05, 4.69) is 63.1 Å². The van der Waals surface area contributed by atoms with Crippen LogP contribution >= 0.6 is 23.5 Å². The molecule has 1 aromatic rings. The highest BCUT2D eigenvalue weighted by atomic mass is 32.2. The van der Waals surface area contributed by atoms with Crippen LogP contribution in [0, 0.1) is 23.7 Å². The quantitative estimate of drug-likeness (QED) is 0.588. The molecule has 29 heavy (non-hydrogen) atoms.